The molecule has 5 nitrogen and oxygen atoms in total. The van der Waals surface area contributed by atoms with Gasteiger partial charge in [-0.3, -0.25) is 0 Å². The zero-order valence-electron chi connectivity index (χ0n) is 17.2. The highest BCUT2D eigenvalue weighted by molar-refractivity contribution is 5.51. The van der Waals surface area contributed by atoms with Crippen molar-refractivity contribution in [2.45, 2.75) is 44.8 Å². The molecule has 0 spiro atoms. The molecule has 0 amide bonds. The number of benzene rings is 2. The van der Waals surface area contributed by atoms with Crippen LogP contribution in [0.5, 0.6) is 11.5 Å². The molecule has 2 aliphatic heterocycles. The molecule has 1 fully saturated rings. The lowest BCUT2D eigenvalue weighted by Crippen LogP contribution is -2.42. The SMILES string of the molecule is Cc1ccccc1CCN1CCC([C@H]2Cc3c(ccc(O)c3O)[C@@H](CN)O2)CC1. The van der Waals surface area contributed by atoms with E-state index in [9.17, 15) is 10.2 Å². The molecule has 0 saturated carbocycles. The Balaban J connectivity index is 1.36. The van der Waals surface area contributed by atoms with Crippen LogP contribution >= 0.6 is 0 Å². The monoisotopic (exact) mass is 396 g/mol. The van der Waals surface area contributed by atoms with Gasteiger partial charge in [-0.1, -0.05) is 30.3 Å². The number of fused-ring (bicyclic) bond motifs is 1. The van der Waals surface area contributed by atoms with Crippen molar-refractivity contribution >= 4 is 0 Å². The molecule has 2 aliphatic rings. The smallest absolute Gasteiger partial charge is 0.161 e. The number of rotatable bonds is 5. The maximum atomic E-state index is 10.4. The van der Waals surface area contributed by atoms with Crippen molar-refractivity contribution in [1.29, 1.82) is 0 Å². The van der Waals surface area contributed by atoms with Gasteiger partial charge in [-0.25, -0.2) is 0 Å². The highest BCUT2D eigenvalue weighted by atomic mass is 16.5. The molecule has 0 radical (unpaired) electrons. The van der Waals surface area contributed by atoms with Crippen LogP contribution < -0.4 is 5.73 Å². The van der Waals surface area contributed by atoms with Crippen LogP contribution in [0.3, 0.4) is 0 Å². The molecule has 2 aromatic carbocycles. The minimum Gasteiger partial charge on any atom is -0.504 e. The molecular weight excluding hydrogens is 364 g/mol. The quantitative estimate of drug-likeness (QED) is 0.676. The molecule has 0 unspecified atom stereocenters. The predicted octanol–water partition coefficient (Wildman–Crippen LogP) is 3.30. The zero-order chi connectivity index (χ0) is 20.4. The molecule has 2 aromatic rings. The Morgan fingerprint density at radius 1 is 1.10 bits per heavy atom. The Morgan fingerprint density at radius 3 is 2.59 bits per heavy atom. The van der Waals surface area contributed by atoms with E-state index in [1.165, 1.54) is 17.2 Å². The molecule has 29 heavy (non-hydrogen) atoms. The van der Waals surface area contributed by atoms with E-state index in [1.54, 1.807) is 0 Å². The number of hydrogen-bond acceptors (Lipinski definition) is 5. The third-order valence-corrected chi connectivity index (χ3v) is 6.72. The Hall–Kier alpha value is -2.08. The molecule has 2 atom stereocenters. The van der Waals surface area contributed by atoms with Gasteiger partial charge in [0.25, 0.3) is 0 Å². The van der Waals surface area contributed by atoms with Gasteiger partial charge in [0.2, 0.25) is 0 Å². The van der Waals surface area contributed by atoms with Crippen LogP contribution in [-0.4, -0.2) is 47.4 Å². The number of nitrogens with two attached hydrogens (primary N) is 1. The fourth-order valence-electron chi connectivity index (χ4n) is 4.87. The molecule has 156 valence electrons. The molecule has 2 heterocycles. The van der Waals surface area contributed by atoms with Crippen molar-refractivity contribution in [3.63, 3.8) is 0 Å². The van der Waals surface area contributed by atoms with Crippen LogP contribution in [0.1, 0.15) is 41.2 Å². The first-order valence-corrected chi connectivity index (χ1v) is 10.7. The lowest BCUT2D eigenvalue weighted by Gasteiger charge is -2.40. The molecule has 0 aliphatic carbocycles. The second-order valence-corrected chi connectivity index (χ2v) is 8.46. The number of likely N-dealkylation sites (tertiary alicyclic amines) is 1. The van der Waals surface area contributed by atoms with Crippen LogP contribution in [0.25, 0.3) is 0 Å². The van der Waals surface area contributed by atoms with Crippen molar-refractivity contribution in [3.8, 4) is 11.5 Å². The van der Waals surface area contributed by atoms with Crippen LogP contribution in [0.15, 0.2) is 36.4 Å². The summed E-state index contributed by atoms with van der Waals surface area (Å²) in [5, 5.41) is 20.3. The lowest BCUT2D eigenvalue weighted by molar-refractivity contribution is -0.0646. The molecule has 1 saturated heterocycles. The van der Waals surface area contributed by atoms with Crippen LogP contribution in [-0.2, 0) is 17.6 Å². The maximum Gasteiger partial charge on any atom is 0.161 e. The van der Waals surface area contributed by atoms with Gasteiger partial charge < -0.3 is 25.6 Å². The van der Waals surface area contributed by atoms with Gasteiger partial charge in [0.15, 0.2) is 11.5 Å². The molecule has 4 rings (SSSR count). The largest absolute Gasteiger partial charge is 0.504 e. The van der Waals surface area contributed by atoms with Crippen molar-refractivity contribution < 1.29 is 14.9 Å². The number of piperidine rings is 1. The Labute approximate surface area is 173 Å². The summed E-state index contributed by atoms with van der Waals surface area (Å²) in [5.41, 5.74) is 10.5. The fourth-order valence-corrected chi connectivity index (χ4v) is 4.87. The summed E-state index contributed by atoms with van der Waals surface area (Å²) in [7, 11) is 0. The number of nitrogens with zero attached hydrogens (tertiary/aromatic N) is 1. The number of phenolic OH excluding ortho intramolecular Hbond substituents is 2. The van der Waals surface area contributed by atoms with E-state index in [4.69, 9.17) is 10.5 Å². The summed E-state index contributed by atoms with van der Waals surface area (Å²) in [4.78, 5) is 2.55. The van der Waals surface area contributed by atoms with Crippen LogP contribution in [0.4, 0.5) is 0 Å². The van der Waals surface area contributed by atoms with E-state index in [0.29, 0.717) is 18.9 Å². The topological polar surface area (TPSA) is 79.0 Å². The van der Waals surface area contributed by atoms with E-state index >= 15 is 0 Å². The molecule has 4 N–H and O–H groups in total. The fraction of sp³-hybridized carbons (Fsp3) is 0.500. The molecule has 5 heteroatoms. The van der Waals surface area contributed by atoms with Gasteiger partial charge in [0.05, 0.1) is 12.2 Å². The summed E-state index contributed by atoms with van der Waals surface area (Å²) in [6, 6.07) is 12.0. The van der Waals surface area contributed by atoms with Gasteiger partial charge in [-0.2, -0.15) is 0 Å². The van der Waals surface area contributed by atoms with Crippen molar-refractivity contribution in [1.82, 2.24) is 4.90 Å². The van der Waals surface area contributed by atoms with Crippen molar-refractivity contribution in [2.24, 2.45) is 11.7 Å². The number of aromatic hydroxyl groups is 2. The van der Waals surface area contributed by atoms with Crippen molar-refractivity contribution in [3.05, 3.63) is 58.7 Å². The standard InChI is InChI=1S/C24H32N2O3/c1-16-4-2-3-5-17(16)8-11-26-12-9-18(10-13-26)22-14-20-19(23(15-25)29-22)6-7-21(27)24(20)28/h2-7,18,22-23,27-28H,8-15,25H2,1H3/t22-,23-/m1/s1. The average Bonchev–Trinajstić information content (AvgIpc) is 2.75. The van der Waals surface area contributed by atoms with E-state index in [0.717, 1.165) is 50.0 Å². The Bertz CT molecular complexity index is 846. The van der Waals surface area contributed by atoms with Gasteiger partial charge in [-0.15, -0.1) is 0 Å². The summed E-state index contributed by atoms with van der Waals surface area (Å²) < 4.78 is 6.34. The average molecular weight is 397 g/mol. The second kappa shape index (κ2) is 8.74. The van der Waals surface area contributed by atoms with Crippen LogP contribution in [0.2, 0.25) is 0 Å². The Kier molecular flexibility index (Phi) is 6.09. The van der Waals surface area contributed by atoms with E-state index in [2.05, 4.69) is 36.1 Å². The van der Waals surface area contributed by atoms with Gasteiger partial charge in [0.1, 0.15) is 0 Å². The highest BCUT2D eigenvalue weighted by Crippen LogP contribution is 2.42. The van der Waals surface area contributed by atoms with Crippen LogP contribution in [0, 0.1) is 12.8 Å². The first kappa shape index (κ1) is 20.2. The minimum absolute atomic E-state index is 0.00934. The highest BCUT2D eigenvalue weighted by Gasteiger charge is 2.35. The van der Waals surface area contributed by atoms with E-state index < -0.39 is 0 Å². The molecule has 0 bridgehead atoms. The third kappa shape index (κ3) is 4.27. The molecular formula is C24H32N2O3. The zero-order valence-corrected chi connectivity index (χ0v) is 17.2. The summed E-state index contributed by atoms with van der Waals surface area (Å²) in [6.45, 7) is 5.79. The van der Waals surface area contributed by atoms with E-state index in [1.807, 2.05) is 6.07 Å². The summed E-state index contributed by atoms with van der Waals surface area (Å²) in [5.74, 6) is 0.379. The maximum absolute atomic E-state index is 10.4. The lowest BCUT2D eigenvalue weighted by atomic mass is 9.83. The summed E-state index contributed by atoms with van der Waals surface area (Å²) >= 11 is 0. The number of phenols is 2. The first-order chi connectivity index (χ1) is 14.1. The first-order valence-electron chi connectivity index (χ1n) is 10.7. The van der Waals surface area contributed by atoms with Crippen molar-refractivity contribution in [2.75, 3.05) is 26.2 Å². The minimum atomic E-state index is -0.214. The molecule has 0 aromatic heterocycles. The third-order valence-electron chi connectivity index (χ3n) is 6.72. The van der Waals surface area contributed by atoms with Gasteiger partial charge in [0, 0.05) is 25.1 Å². The van der Waals surface area contributed by atoms with Gasteiger partial charge in [-0.05, 0) is 68.0 Å². The predicted molar refractivity (Wildman–Crippen MR) is 114 cm³/mol. The summed E-state index contributed by atoms with van der Waals surface area (Å²) in [6.07, 6.45) is 3.74. The van der Waals surface area contributed by atoms with Gasteiger partial charge >= 0.3 is 0 Å². The Morgan fingerprint density at radius 2 is 1.86 bits per heavy atom. The second-order valence-electron chi connectivity index (χ2n) is 8.46. The normalized spacial score (nSPS) is 23.1. The van der Waals surface area contributed by atoms with E-state index in [-0.39, 0.29) is 23.7 Å². The number of ether oxygens (including phenoxy) is 1. The number of hydrogen-bond donors (Lipinski definition) is 3. The number of aryl methyl sites for hydroxylation is 1.